The highest BCUT2D eigenvalue weighted by Crippen LogP contribution is 2.35. The van der Waals surface area contributed by atoms with Crippen LogP contribution in [-0.2, 0) is 6.42 Å². The molecule has 1 fully saturated rings. The molecule has 0 aromatic heterocycles. The molecule has 1 aliphatic rings. The molecule has 0 amide bonds. The highest BCUT2D eigenvalue weighted by Gasteiger charge is 2.31. The molecule has 1 saturated heterocycles. The van der Waals surface area contributed by atoms with Gasteiger partial charge in [-0.05, 0) is 49.1 Å². The molecular formula is C16H25N. The lowest BCUT2D eigenvalue weighted by molar-refractivity contribution is 0.144. The summed E-state index contributed by atoms with van der Waals surface area (Å²) in [5.41, 5.74) is 1.97. The fourth-order valence-electron chi connectivity index (χ4n) is 2.95. The zero-order valence-electron chi connectivity index (χ0n) is 11.2. The summed E-state index contributed by atoms with van der Waals surface area (Å²) >= 11 is 0. The van der Waals surface area contributed by atoms with Crippen LogP contribution >= 0.6 is 0 Å². The van der Waals surface area contributed by atoms with Crippen molar-refractivity contribution in [2.45, 2.75) is 39.5 Å². The first-order valence-corrected chi connectivity index (χ1v) is 6.93. The van der Waals surface area contributed by atoms with Crippen LogP contribution in [0.4, 0.5) is 0 Å². The molecule has 1 unspecified atom stereocenters. The van der Waals surface area contributed by atoms with Crippen molar-refractivity contribution >= 4 is 0 Å². The first-order valence-electron chi connectivity index (χ1n) is 6.93. The highest BCUT2D eigenvalue weighted by atomic mass is 14.9. The largest absolute Gasteiger partial charge is 0.316 e. The van der Waals surface area contributed by atoms with E-state index in [2.05, 4.69) is 49.5 Å². The van der Waals surface area contributed by atoms with Crippen molar-refractivity contribution in [3.63, 3.8) is 0 Å². The van der Waals surface area contributed by atoms with Crippen LogP contribution < -0.4 is 5.32 Å². The number of aryl methyl sites for hydroxylation is 1. The van der Waals surface area contributed by atoms with E-state index >= 15 is 0 Å². The van der Waals surface area contributed by atoms with Crippen molar-refractivity contribution in [3.8, 4) is 0 Å². The van der Waals surface area contributed by atoms with Gasteiger partial charge in [0, 0.05) is 6.54 Å². The Hall–Kier alpha value is -0.820. The predicted octanol–water partition coefficient (Wildman–Crippen LogP) is 3.65. The average molecular weight is 231 g/mol. The molecule has 1 nitrogen and oxygen atoms in total. The summed E-state index contributed by atoms with van der Waals surface area (Å²) in [6.07, 6.45) is 5.30. The lowest BCUT2D eigenvalue weighted by atomic mass is 9.72. The molecule has 2 rings (SSSR count). The van der Waals surface area contributed by atoms with E-state index < -0.39 is 0 Å². The fourth-order valence-corrected chi connectivity index (χ4v) is 2.95. The van der Waals surface area contributed by atoms with Gasteiger partial charge in [0.25, 0.3) is 0 Å². The SMILES string of the molecule is CC1(C)CNCCC1CCCc1ccccc1. The van der Waals surface area contributed by atoms with Crippen LogP contribution in [0, 0.1) is 11.3 Å². The van der Waals surface area contributed by atoms with Crippen LogP contribution in [0.1, 0.15) is 38.7 Å². The summed E-state index contributed by atoms with van der Waals surface area (Å²) in [6.45, 7) is 7.21. The normalized spacial score (nSPS) is 23.5. The third-order valence-electron chi connectivity index (χ3n) is 4.22. The Morgan fingerprint density at radius 3 is 2.71 bits per heavy atom. The van der Waals surface area contributed by atoms with Gasteiger partial charge in [-0.1, -0.05) is 44.2 Å². The smallest absolute Gasteiger partial charge is 0.000518 e. The van der Waals surface area contributed by atoms with E-state index in [0.29, 0.717) is 5.41 Å². The van der Waals surface area contributed by atoms with Crippen molar-refractivity contribution in [1.29, 1.82) is 0 Å². The maximum Gasteiger partial charge on any atom is 0.000518 e. The molecular weight excluding hydrogens is 206 g/mol. The number of piperidine rings is 1. The van der Waals surface area contributed by atoms with Gasteiger partial charge in [-0.25, -0.2) is 0 Å². The van der Waals surface area contributed by atoms with Crippen molar-refractivity contribution in [2.24, 2.45) is 11.3 Å². The molecule has 1 heterocycles. The summed E-state index contributed by atoms with van der Waals surface area (Å²) in [5.74, 6) is 0.896. The van der Waals surface area contributed by atoms with E-state index in [-0.39, 0.29) is 0 Å². The molecule has 1 aromatic carbocycles. The van der Waals surface area contributed by atoms with Gasteiger partial charge in [-0.15, -0.1) is 0 Å². The molecule has 1 aromatic rings. The van der Waals surface area contributed by atoms with Crippen molar-refractivity contribution in [3.05, 3.63) is 35.9 Å². The molecule has 1 N–H and O–H groups in total. The first-order chi connectivity index (χ1) is 8.18. The number of hydrogen-bond donors (Lipinski definition) is 1. The molecule has 1 heteroatoms. The van der Waals surface area contributed by atoms with Gasteiger partial charge in [0.15, 0.2) is 0 Å². The molecule has 1 atom stereocenters. The van der Waals surface area contributed by atoms with Crippen LogP contribution in [0.25, 0.3) is 0 Å². The molecule has 1 aliphatic heterocycles. The van der Waals surface area contributed by atoms with Gasteiger partial charge in [0.2, 0.25) is 0 Å². The second-order valence-electron chi connectivity index (χ2n) is 6.03. The Balaban J connectivity index is 1.78. The maximum absolute atomic E-state index is 3.51. The third-order valence-corrected chi connectivity index (χ3v) is 4.22. The number of benzene rings is 1. The van der Waals surface area contributed by atoms with Crippen LogP contribution in [-0.4, -0.2) is 13.1 Å². The Bertz CT molecular complexity index is 329. The quantitative estimate of drug-likeness (QED) is 0.834. The minimum absolute atomic E-state index is 0.481. The standard InChI is InChI=1S/C16H25N/c1-16(2)13-17-12-11-15(16)10-6-9-14-7-4-3-5-8-14/h3-5,7-8,15,17H,6,9-13H2,1-2H3. The summed E-state index contributed by atoms with van der Waals surface area (Å²) in [6, 6.07) is 10.9. The summed E-state index contributed by atoms with van der Waals surface area (Å²) in [7, 11) is 0. The second-order valence-corrected chi connectivity index (χ2v) is 6.03. The number of hydrogen-bond acceptors (Lipinski definition) is 1. The topological polar surface area (TPSA) is 12.0 Å². The lowest BCUT2D eigenvalue weighted by Crippen LogP contribution is -2.42. The third kappa shape index (κ3) is 3.57. The van der Waals surface area contributed by atoms with Gasteiger partial charge < -0.3 is 5.32 Å². The molecule has 0 aliphatic carbocycles. The van der Waals surface area contributed by atoms with Crippen LogP contribution in [0.5, 0.6) is 0 Å². The van der Waals surface area contributed by atoms with Gasteiger partial charge in [0.05, 0.1) is 0 Å². The van der Waals surface area contributed by atoms with Gasteiger partial charge in [-0.2, -0.15) is 0 Å². The number of nitrogens with one attached hydrogen (secondary N) is 1. The monoisotopic (exact) mass is 231 g/mol. The average Bonchev–Trinajstić information content (AvgIpc) is 2.32. The Morgan fingerprint density at radius 1 is 1.24 bits per heavy atom. The van der Waals surface area contributed by atoms with E-state index in [0.717, 1.165) is 5.92 Å². The van der Waals surface area contributed by atoms with E-state index in [1.165, 1.54) is 44.3 Å². The number of rotatable bonds is 4. The highest BCUT2D eigenvalue weighted by molar-refractivity contribution is 5.14. The van der Waals surface area contributed by atoms with Crippen molar-refractivity contribution in [1.82, 2.24) is 5.32 Å². The van der Waals surface area contributed by atoms with Gasteiger partial charge in [0.1, 0.15) is 0 Å². The zero-order valence-corrected chi connectivity index (χ0v) is 11.2. The molecule has 0 radical (unpaired) electrons. The summed E-state index contributed by atoms with van der Waals surface area (Å²) < 4.78 is 0. The molecule has 94 valence electrons. The van der Waals surface area contributed by atoms with Crippen molar-refractivity contribution < 1.29 is 0 Å². The second kappa shape index (κ2) is 5.68. The van der Waals surface area contributed by atoms with Gasteiger partial charge in [-0.3, -0.25) is 0 Å². The van der Waals surface area contributed by atoms with Gasteiger partial charge >= 0.3 is 0 Å². The maximum atomic E-state index is 3.51. The van der Waals surface area contributed by atoms with Crippen LogP contribution in [0.3, 0.4) is 0 Å². The Kier molecular flexibility index (Phi) is 4.22. The Morgan fingerprint density at radius 2 is 2.00 bits per heavy atom. The van der Waals surface area contributed by atoms with E-state index in [1.54, 1.807) is 0 Å². The van der Waals surface area contributed by atoms with Crippen LogP contribution in [0.15, 0.2) is 30.3 Å². The Labute approximate surface area is 106 Å². The minimum Gasteiger partial charge on any atom is -0.316 e. The minimum atomic E-state index is 0.481. The van der Waals surface area contributed by atoms with E-state index in [1.807, 2.05) is 0 Å². The van der Waals surface area contributed by atoms with E-state index in [9.17, 15) is 0 Å². The zero-order chi connectivity index (χ0) is 12.1. The fraction of sp³-hybridized carbons (Fsp3) is 0.625. The summed E-state index contributed by atoms with van der Waals surface area (Å²) in [5, 5.41) is 3.51. The van der Waals surface area contributed by atoms with Crippen LogP contribution in [0.2, 0.25) is 0 Å². The molecule has 17 heavy (non-hydrogen) atoms. The summed E-state index contributed by atoms with van der Waals surface area (Å²) in [4.78, 5) is 0. The first kappa shape index (κ1) is 12.6. The molecule has 0 saturated carbocycles. The lowest BCUT2D eigenvalue weighted by Gasteiger charge is -2.39. The predicted molar refractivity (Wildman–Crippen MR) is 74.1 cm³/mol. The van der Waals surface area contributed by atoms with E-state index in [4.69, 9.17) is 0 Å². The molecule has 0 bridgehead atoms. The van der Waals surface area contributed by atoms with Crippen molar-refractivity contribution in [2.75, 3.05) is 13.1 Å². The molecule has 0 spiro atoms.